The molecule has 0 bridgehead atoms. The van der Waals surface area contributed by atoms with E-state index >= 15 is 0 Å². The molecule has 0 radical (unpaired) electrons. The zero-order valence-electron chi connectivity index (χ0n) is 23.6. The third kappa shape index (κ3) is 28.8. The summed E-state index contributed by atoms with van der Waals surface area (Å²) in [5, 5.41) is 0. The summed E-state index contributed by atoms with van der Waals surface area (Å²) in [7, 11) is -3.82. The van der Waals surface area contributed by atoms with Crippen molar-refractivity contribution < 1.29 is 60.8 Å². The van der Waals surface area contributed by atoms with Gasteiger partial charge in [0.05, 0.1) is 119 Å². The normalized spacial score (nSPS) is 12.0. The van der Waals surface area contributed by atoms with Gasteiger partial charge < -0.3 is 42.6 Å². The minimum Gasteiger partial charge on any atom is -0.379 e. The number of phosphoric ester groups is 1. The van der Waals surface area contributed by atoms with E-state index in [9.17, 15) is 4.57 Å². The molecule has 38 heavy (non-hydrogen) atoms. The average molecular weight is 579 g/mol. The Morgan fingerprint density at radius 1 is 0.316 bits per heavy atom. The van der Waals surface area contributed by atoms with E-state index < -0.39 is 7.82 Å². The molecule has 0 N–H and O–H groups in total. The van der Waals surface area contributed by atoms with E-state index in [0.29, 0.717) is 99.1 Å². The van der Waals surface area contributed by atoms with Crippen LogP contribution in [0.4, 0.5) is 0 Å². The monoisotopic (exact) mass is 578 g/mol. The van der Waals surface area contributed by atoms with Crippen LogP contribution < -0.4 is 0 Å². The maximum Gasteiger partial charge on any atom is 0.475 e. The molecule has 0 aliphatic carbocycles. The molecule has 0 saturated carbocycles. The summed E-state index contributed by atoms with van der Waals surface area (Å²) in [6.45, 7) is 14.0. The van der Waals surface area contributed by atoms with Gasteiger partial charge in [-0.25, -0.2) is 4.57 Å². The van der Waals surface area contributed by atoms with Crippen LogP contribution in [0.2, 0.25) is 0 Å². The predicted molar refractivity (Wildman–Crippen MR) is 140 cm³/mol. The Kier molecular flexibility index (Phi) is 31.1. The molecular formula is C24H51O13P. The summed E-state index contributed by atoms with van der Waals surface area (Å²) in [6, 6.07) is 0. The van der Waals surface area contributed by atoms with Gasteiger partial charge in [0, 0.05) is 19.8 Å². The molecular weight excluding hydrogens is 527 g/mol. The van der Waals surface area contributed by atoms with Crippen LogP contribution in [0.3, 0.4) is 0 Å². The van der Waals surface area contributed by atoms with Gasteiger partial charge in [-0.15, -0.1) is 0 Å². The first-order chi connectivity index (χ1) is 18.7. The summed E-state index contributed by atoms with van der Waals surface area (Å²) < 4.78 is 77.1. The third-order valence-electron chi connectivity index (χ3n) is 4.28. The van der Waals surface area contributed by atoms with Crippen molar-refractivity contribution in [3.63, 3.8) is 0 Å². The number of phosphoric acid groups is 1. The second kappa shape index (κ2) is 31.3. The SMILES string of the molecule is CCOCCOCCOCCOP(=O)(OCCOCCOCCOCC)OCCOCCOCCOCC. The molecule has 0 aliphatic heterocycles. The molecule has 0 amide bonds. The van der Waals surface area contributed by atoms with Crippen molar-refractivity contribution in [2.75, 3.05) is 139 Å². The van der Waals surface area contributed by atoms with Crippen LogP contribution >= 0.6 is 7.82 Å². The highest BCUT2D eigenvalue weighted by Crippen LogP contribution is 2.49. The van der Waals surface area contributed by atoms with E-state index in [4.69, 9.17) is 56.2 Å². The summed E-state index contributed by atoms with van der Waals surface area (Å²) in [5.74, 6) is 0. The highest BCUT2D eigenvalue weighted by molar-refractivity contribution is 7.48. The van der Waals surface area contributed by atoms with Gasteiger partial charge in [-0.3, -0.25) is 13.6 Å². The first-order valence-electron chi connectivity index (χ1n) is 13.4. The lowest BCUT2D eigenvalue weighted by molar-refractivity contribution is -0.00576. The molecule has 0 spiro atoms. The lowest BCUT2D eigenvalue weighted by Gasteiger charge is -2.18. The summed E-state index contributed by atoms with van der Waals surface area (Å²) >= 11 is 0. The molecule has 0 aromatic heterocycles. The minimum atomic E-state index is -3.82. The predicted octanol–water partition coefficient (Wildman–Crippen LogP) is 2.35. The number of hydrogen-bond acceptors (Lipinski definition) is 13. The molecule has 0 atom stereocenters. The molecule has 230 valence electrons. The van der Waals surface area contributed by atoms with Crippen LogP contribution in [0, 0.1) is 0 Å². The molecule has 0 aliphatic rings. The summed E-state index contributed by atoms with van der Waals surface area (Å²) in [4.78, 5) is 0. The van der Waals surface area contributed by atoms with E-state index in [1.807, 2.05) is 20.8 Å². The molecule has 13 nitrogen and oxygen atoms in total. The molecule has 0 heterocycles. The zero-order chi connectivity index (χ0) is 27.8. The third-order valence-corrected chi connectivity index (χ3v) is 5.77. The molecule has 0 rings (SSSR count). The molecule has 0 aromatic rings. The Hall–Kier alpha value is -0.250. The fraction of sp³-hybridized carbons (Fsp3) is 1.00. The fourth-order valence-corrected chi connectivity index (χ4v) is 3.61. The van der Waals surface area contributed by atoms with E-state index in [-0.39, 0.29) is 39.6 Å². The van der Waals surface area contributed by atoms with Crippen molar-refractivity contribution in [3.8, 4) is 0 Å². The largest absolute Gasteiger partial charge is 0.475 e. The number of hydrogen-bond donors (Lipinski definition) is 0. The fourth-order valence-electron chi connectivity index (χ4n) is 2.49. The molecule has 14 heteroatoms. The van der Waals surface area contributed by atoms with Crippen molar-refractivity contribution in [3.05, 3.63) is 0 Å². The quantitative estimate of drug-likeness (QED) is 0.0836. The van der Waals surface area contributed by atoms with Crippen LogP contribution in [-0.2, 0) is 60.8 Å². The highest BCUT2D eigenvalue weighted by Gasteiger charge is 2.26. The highest BCUT2D eigenvalue weighted by atomic mass is 31.2. The van der Waals surface area contributed by atoms with Crippen LogP contribution in [0.1, 0.15) is 20.8 Å². The smallest absolute Gasteiger partial charge is 0.379 e. The van der Waals surface area contributed by atoms with Crippen molar-refractivity contribution >= 4 is 7.82 Å². The Labute approximate surface area is 228 Å². The number of ether oxygens (including phenoxy) is 9. The topological polar surface area (TPSA) is 128 Å². The van der Waals surface area contributed by atoms with Gasteiger partial charge >= 0.3 is 7.82 Å². The molecule has 0 aromatic carbocycles. The Morgan fingerprint density at radius 2 is 0.500 bits per heavy atom. The average Bonchev–Trinajstić information content (AvgIpc) is 2.92. The van der Waals surface area contributed by atoms with Gasteiger partial charge in [0.25, 0.3) is 0 Å². The van der Waals surface area contributed by atoms with Crippen molar-refractivity contribution in [1.29, 1.82) is 0 Å². The second-order valence-electron chi connectivity index (χ2n) is 7.21. The van der Waals surface area contributed by atoms with E-state index in [0.717, 1.165) is 0 Å². The maximum atomic E-state index is 13.0. The first kappa shape index (κ1) is 37.8. The summed E-state index contributed by atoms with van der Waals surface area (Å²) in [6.07, 6.45) is 0. The van der Waals surface area contributed by atoms with Gasteiger partial charge in [0.2, 0.25) is 0 Å². The van der Waals surface area contributed by atoms with Gasteiger partial charge in [-0.1, -0.05) is 0 Å². The Bertz CT molecular complexity index is 435. The van der Waals surface area contributed by atoms with Crippen LogP contribution in [0.15, 0.2) is 0 Å². The second-order valence-corrected chi connectivity index (χ2v) is 8.88. The van der Waals surface area contributed by atoms with Crippen molar-refractivity contribution in [2.45, 2.75) is 20.8 Å². The maximum absolute atomic E-state index is 13.0. The van der Waals surface area contributed by atoms with Crippen LogP contribution in [0.25, 0.3) is 0 Å². The zero-order valence-corrected chi connectivity index (χ0v) is 24.5. The van der Waals surface area contributed by atoms with E-state index in [1.165, 1.54) is 0 Å². The van der Waals surface area contributed by atoms with Gasteiger partial charge in [0.15, 0.2) is 0 Å². The van der Waals surface area contributed by atoms with Gasteiger partial charge in [0.1, 0.15) is 0 Å². The molecule has 0 fully saturated rings. The van der Waals surface area contributed by atoms with Crippen molar-refractivity contribution in [2.24, 2.45) is 0 Å². The van der Waals surface area contributed by atoms with Crippen LogP contribution in [-0.4, -0.2) is 139 Å². The molecule has 0 saturated heterocycles. The lowest BCUT2D eigenvalue weighted by atomic mass is 10.7. The Morgan fingerprint density at radius 3 is 0.711 bits per heavy atom. The van der Waals surface area contributed by atoms with E-state index in [1.54, 1.807) is 0 Å². The summed E-state index contributed by atoms with van der Waals surface area (Å²) in [5.41, 5.74) is 0. The van der Waals surface area contributed by atoms with Gasteiger partial charge in [-0.2, -0.15) is 0 Å². The minimum absolute atomic E-state index is 0.0271. The Balaban J connectivity index is 4.07. The lowest BCUT2D eigenvalue weighted by Crippen LogP contribution is -2.15. The molecule has 0 unspecified atom stereocenters. The van der Waals surface area contributed by atoms with E-state index in [2.05, 4.69) is 0 Å². The van der Waals surface area contributed by atoms with Crippen molar-refractivity contribution in [1.82, 2.24) is 0 Å². The first-order valence-corrected chi connectivity index (χ1v) is 14.9. The van der Waals surface area contributed by atoms with Gasteiger partial charge in [-0.05, 0) is 20.8 Å². The number of rotatable bonds is 33. The standard InChI is InChI=1S/C24H51O13P/c1-4-26-7-10-29-13-16-32-19-22-35-38(25,36-23-20-33-17-14-30-11-8-27-5-2)37-24-21-34-18-15-31-12-9-28-6-3/h4-24H2,1-3H3. The van der Waals surface area contributed by atoms with Crippen LogP contribution in [0.5, 0.6) is 0 Å².